The number of aromatic nitrogens is 2. The Hall–Kier alpha value is -1.86. The second kappa shape index (κ2) is 6.94. The molecule has 0 aliphatic rings. The number of alkyl halides is 3. The molecule has 0 saturated heterocycles. The van der Waals surface area contributed by atoms with Gasteiger partial charge in [-0.1, -0.05) is 12.1 Å². The molecule has 3 atom stereocenters. The maximum Gasteiger partial charge on any atom is 0.416 e. The average molecular weight is 341 g/mol. The minimum atomic E-state index is -4.43. The van der Waals surface area contributed by atoms with Crippen molar-refractivity contribution in [2.75, 3.05) is 6.54 Å². The van der Waals surface area contributed by atoms with Gasteiger partial charge in [0, 0.05) is 25.0 Å². The van der Waals surface area contributed by atoms with E-state index >= 15 is 0 Å². The zero-order valence-corrected chi connectivity index (χ0v) is 13.9. The van der Waals surface area contributed by atoms with Gasteiger partial charge >= 0.3 is 6.18 Å². The van der Waals surface area contributed by atoms with Gasteiger partial charge in [0.05, 0.1) is 17.2 Å². The van der Waals surface area contributed by atoms with Crippen LogP contribution in [-0.4, -0.2) is 27.5 Å². The number of hydrogen-bond donors (Lipinski definition) is 2. The molecule has 0 spiro atoms. The number of aliphatic hydroxyl groups is 1. The Labute approximate surface area is 139 Å². The van der Waals surface area contributed by atoms with Crippen molar-refractivity contribution in [2.24, 2.45) is 0 Å². The highest BCUT2D eigenvalue weighted by molar-refractivity contribution is 5.29. The van der Waals surface area contributed by atoms with Crippen molar-refractivity contribution in [3.8, 4) is 0 Å². The third-order valence-corrected chi connectivity index (χ3v) is 4.25. The van der Waals surface area contributed by atoms with Gasteiger partial charge in [-0.25, -0.2) is 0 Å². The van der Waals surface area contributed by atoms with E-state index in [1.54, 1.807) is 10.9 Å². The molecule has 24 heavy (non-hydrogen) atoms. The predicted molar refractivity (Wildman–Crippen MR) is 85.4 cm³/mol. The smallest absolute Gasteiger partial charge is 0.384 e. The fourth-order valence-corrected chi connectivity index (χ4v) is 2.41. The van der Waals surface area contributed by atoms with Crippen LogP contribution in [0.1, 0.15) is 37.9 Å². The predicted octanol–water partition coefficient (Wildman–Crippen LogP) is 3.35. The summed E-state index contributed by atoms with van der Waals surface area (Å²) in [4.78, 5) is 0. The molecule has 0 aliphatic carbocycles. The molecule has 1 aromatic heterocycles. The van der Waals surface area contributed by atoms with Crippen LogP contribution in [0.3, 0.4) is 0 Å². The summed E-state index contributed by atoms with van der Waals surface area (Å²) in [5.74, 6) is 0. The standard InChI is InChI=1S/C17H22F3N3O/c1-12(13(2)23-9-5-8-22-23)21-11-16(3,24)14-6-4-7-15(10-14)17(18,19)20/h4-10,12-13,21,24H,11H2,1-3H3/t12-,13+,16+/m0/s1. The van der Waals surface area contributed by atoms with Crippen LogP contribution < -0.4 is 5.32 Å². The second-order valence-corrected chi connectivity index (χ2v) is 6.25. The molecule has 2 rings (SSSR count). The molecule has 0 amide bonds. The van der Waals surface area contributed by atoms with E-state index in [0.717, 1.165) is 12.1 Å². The molecule has 0 unspecified atom stereocenters. The molecule has 4 nitrogen and oxygen atoms in total. The monoisotopic (exact) mass is 341 g/mol. The highest BCUT2D eigenvalue weighted by Gasteiger charge is 2.33. The lowest BCUT2D eigenvalue weighted by Crippen LogP contribution is -2.42. The maximum absolute atomic E-state index is 12.8. The van der Waals surface area contributed by atoms with Gasteiger partial charge in [0.15, 0.2) is 0 Å². The molecule has 0 radical (unpaired) electrons. The first kappa shape index (κ1) is 18.5. The van der Waals surface area contributed by atoms with Crippen LogP contribution in [-0.2, 0) is 11.8 Å². The van der Waals surface area contributed by atoms with Crippen molar-refractivity contribution < 1.29 is 18.3 Å². The van der Waals surface area contributed by atoms with Crippen LogP contribution in [0.5, 0.6) is 0 Å². The molecule has 7 heteroatoms. The third-order valence-electron chi connectivity index (χ3n) is 4.25. The van der Waals surface area contributed by atoms with E-state index in [2.05, 4.69) is 10.4 Å². The van der Waals surface area contributed by atoms with E-state index in [0.29, 0.717) is 0 Å². The van der Waals surface area contributed by atoms with Crippen molar-refractivity contribution in [3.05, 3.63) is 53.9 Å². The van der Waals surface area contributed by atoms with Crippen LogP contribution in [0.2, 0.25) is 0 Å². The first-order valence-electron chi connectivity index (χ1n) is 7.74. The van der Waals surface area contributed by atoms with Gasteiger partial charge in [0.25, 0.3) is 0 Å². The summed E-state index contributed by atoms with van der Waals surface area (Å²) in [5, 5.41) is 17.9. The molecule has 2 aromatic rings. The molecular weight excluding hydrogens is 319 g/mol. The Morgan fingerprint density at radius 1 is 1.21 bits per heavy atom. The van der Waals surface area contributed by atoms with Gasteiger partial charge in [0.1, 0.15) is 0 Å². The third kappa shape index (κ3) is 4.36. The summed E-state index contributed by atoms with van der Waals surface area (Å²) in [6.45, 7) is 5.54. The summed E-state index contributed by atoms with van der Waals surface area (Å²) in [5.41, 5.74) is -1.96. The first-order chi connectivity index (χ1) is 11.1. The largest absolute Gasteiger partial charge is 0.416 e. The zero-order valence-electron chi connectivity index (χ0n) is 13.9. The second-order valence-electron chi connectivity index (χ2n) is 6.25. The maximum atomic E-state index is 12.8. The zero-order chi connectivity index (χ0) is 18.0. The number of benzene rings is 1. The Morgan fingerprint density at radius 3 is 2.46 bits per heavy atom. The Balaban J connectivity index is 2.05. The van der Waals surface area contributed by atoms with Crippen molar-refractivity contribution in [1.82, 2.24) is 15.1 Å². The summed E-state index contributed by atoms with van der Waals surface area (Å²) in [6, 6.07) is 6.63. The van der Waals surface area contributed by atoms with Gasteiger partial charge in [0.2, 0.25) is 0 Å². The van der Waals surface area contributed by atoms with E-state index in [4.69, 9.17) is 0 Å². The van der Waals surface area contributed by atoms with E-state index in [1.165, 1.54) is 19.1 Å². The summed E-state index contributed by atoms with van der Waals surface area (Å²) >= 11 is 0. The number of nitrogens with one attached hydrogen (secondary N) is 1. The fraction of sp³-hybridized carbons (Fsp3) is 0.471. The lowest BCUT2D eigenvalue weighted by atomic mass is 9.93. The highest BCUT2D eigenvalue weighted by atomic mass is 19.4. The molecular formula is C17H22F3N3O. The van der Waals surface area contributed by atoms with Gasteiger partial charge < -0.3 is 10.4 Å². The molecule has 1 heterocycles. The lowest BCUT2D eigenvalue weighted by Gasteiger charge is -2.29. The van der Waals surface area contributed by atoms with Crippen molar-refractivity contribution in [1.29, 1.82) is 0 Å². The SMILES string of the molecule is C[C@H](NC[C@@](C)(O)c1cccc(C(F)(F)F)c1)[C@@H](C)n1cccn1. The van der Waals surface area contributed by atoms with Gasteiger partial charge in [-0.05, 0) is 44.5 Å². The summed E-state index contributed by atoms with van der Waals surface area (Å²) in [6.07, 6.45) is -0.906. The fourth-order valence-electron chi connectivity index (χ4n) is 2.41. The average Bonchev–Trinajstić information content (AvgIpc) is 3.05. The lowest BCUT2D eigenvalue weighted by molar-refractivity contribution is -0.137. The van der Waals surface area contributed by atoms with E-state index in [-0.39, 0.29) is 24.2 Å². The molecule has 0 aliphatic heterocycles. The molecule has 132 valence electrons. The Kier molecular flexibility index (Phi) is 5.35. The number of halogens is 3. The molecule has 0 bridgehead atoms. The van der Waals surface area contributed by atoms with E-state index in [1.807, 2.05) is 26.1 Å². The van der Waals surface area contributed by atoms with Crippen molar-refractivity contribution in [2.45, 2.75) is 44.6 Å². The molecule has 0 fully saturated rings. The Morgan fingerprint density at radius 2 is 1.88 bits per heavy atom. The van der Waals surface area contributed by atoms with Crippen LogP contribution in [0.25, 0.3) is 0 Å². The Bertz CT molecular complexity index is 653. The van der Waals surface area contributed by atoms with E-state index in [9.17, 15) is 18.3 Å². The topological polar surface area (TPSA) is 50.1 Å². The first-order valence-corrected chi connectivity index (χ1v) is 7.74. The molecule has 1 aromatic carbocycles. The van der Waals surface area contributed by atoms with E-state index < -0.39 is 17.3 Å². The van der Waals surface area contributed by atoms with Gasteiger partial charge in [-0.2, -0.15) is 18.3 Å². The number of hydrogen-bond acceptors (Lipinski definition) is 3. The van der Waals surface area contributed by atoms with Crippen LogP contribution in [0.15, 0.2) is 42.7 Å². The van der Waals surface area contributed by atoms with Crippen LogP contribution in [0.4, 0.5) is 13.2 Å². The summed E-state index contributed by atoms with van der Waals surface area (Å²) in [7, 11) is 0. The van der Waals surface area contributed by atoms with Gasteiger partial charge in [-0.3, -0.25) is 4.68 Å². The minimum Gasteiger partial charge on any atom is -0.384 e. The van der Waals surface area contributed by atoms with Crippen molar-refractivity contribution >= 4 is 0 Å². The van der Waals surface area contributed by atoms with Crippen molar-refractivity contribution in [3.63, 3.8) is 0 Å². The number of rotatable bonds is 6. The number of nitrogens with zero attached hydrogens (tertiary/aromatic N) is 2. The van der Waals surface area contributed by atoms with Crippen LogP contribution in [0, 0.1) is 0 Å². The van der Waals surface area contributed by atoms with Crippen LogP contribution >= 0.6 is 0 Å². The molecule has 0 saturated carbocycles. The minimum absolute atomic E-state index is 0.0258. The quantitative estimate of drug-likeness (QED) is 0.847. The highest BCUT2D eigenvalue weighted by Crippen LogP contribution is 2.32. The van der Waals surface area contributed by atoms with Gasteiger partial charge in [-0.15, -0.1) is 0 Å². The summed E-state index contributed by atoms with van der Waals surface area (Å²) < 4.78 is 40.3. The molecule has 2 N–H and O–H groups in total. The normalized spacial score (nSPS) is 17.3.